The zero-order chi connectivity index (χ0) is 21.1. The van der Waals surface area contributed by atoms with Crippen molar-refractivity contribution >= 4 is 23.6 Å². The molecule has 0 spiro atoms. The largest absolute Gasteiger partial charge is 0.364 e. The highest BCUT2D eigenvalue weighted by atomic mass is 35.5. The van der Waals surface area contributed by atoms with Gasteiger partial charge in [-0.1, -0.05) is 54.1 Å². The molecule has 1 saturated heterocycles. The van der Waals surface area contributed by atoms with Crippen LogP contribution in [-0.2, 0) is 6.54 Å². The maximum absolute atomic E-state index is 14.3. The average Bonchev–Trinajstić information content (AvgIpc) is 2.75. The van der Waals surface area contributed by atoms with Gasteiger partial charge in [-0.25, -0.2) is 8.78 Å². The smallest absolute Gasteiger partial charge is 0.150 e. The number of halogens is 3. The van der Waals surface area contributed by atoms with E-state index in [2.05, 4.69) is 17.0 Å². The van der Waals surface area contributed by atoms with E-state index in [4.69, 9.17) is 11.6 Å². The maximum Gasteiger partial charge on any atom is 0.150 e. The molecular formula is C24H21ClF2N2O. The number of hydrogen-bond acceptors (Lipinski definition) is 3. The lowest BCUT2D eigenvalue weighted by Crippen LogP contribution is -2.46. The lowest BCUT2D eigenvalue weighted by molar-refractivity contribution is 0.112. The molecule has 1 aliphatic heterocycles. The van der Waals surface area contributed by atoms with Crippen molar-refractivity contribution in [3.05, 3.63) is 88.4 Å². The Kier molecular flexibility index (Phi) is 6.11. The Hall–Kier alpha value is -2.76. The monoisotopic (exact) mass is 426 g/mol. The van der Waals surface area contributed by atoms with Gasteiger partial charge in [-0.3, -0.25) is 9.69 Å². The van der Waals surface area contributed by atoms with Gasteiger partial charge in [0.05, 0.1) is 0 Å². The summed E-state index contributed by atoms with van der Waals surface area (Å²) in [6.07, 6.45) is 0.449. The number of hydrogen-bond donors (Lipinski definition) is 0. The van der Waals surface area contributed by atoms with Crippen molar-refractivity contribution in [2.45, 2.75) is 6.54 Å². The van der Waals surface area contributed by atoms with Gasteiger partial charge in [0.1, 0.15) is 23.6 Å². The number of benzene rings is 3. The molecule has 0 atom stereocenters. The van der Waals surface area contributed by atoms with Crippen LogP contribution in [-0.4, -0.2) is 37.4 Å². The van der Waals surface area contributed by atoms with E-state index in [-0.39, 0.29) is 11.3 Å². The Labute approximate surface area is 179 Å². The zero-order valence-corrected chi connectivity index (χ0v) is 17.1. The van der Waals surface area contributed by atoms with Gasteiger partial charge in [0.15, 0.2) is 0 Å². The summed E-state index contributed by atoms with van der Waals surface area (Å²) in [4.78, 5) is 14.8. The molecule has 154 valence electrons. The second kappa shape index (κ2) is 8.94. The number of piperazine rings is 1. The summed E-state index contributed by atoms with van der Waals surface area (Å²) in [5.41, 5.74) is 3.19. The van der Waals surface area contributed by atoms with E-state index in [9.17, 15) is 13.6 Å². The summed E-state index contributed by atoms with van der Waals surface area (Å²) in [5.74, 6) is -1.40. The van der Waals surface area contributed by atoms with E-state index >= 15 is 0 Å². The molecular weight excluding hydrogens is 406 g/mol. The van der Waals surface area contributed by atoms with Crippen molar-refractivity contribution in [3.8, 4) is 11.1 Å². The topological polar surface area (TPSA) is 23.6 Å². The van der Waals surface area contributed by atoms with Crippen LogP contribution in [0.4, 0.5) is 14.5 Å². The van der Waals surface area contributed by atoms with Gasteiger partial charge in [-0.2, -0.15) is 0 Å². The molecule has 3 aromatic rings. The Morgan fingerprint density at radius 2 is 1.47 bits per heavy atom. The minimum atomic E-state index is -0.699. The normalized spacial score (nSPS) is 14.7. The van der Waals surface area contributed by atoms with E-state index in [1.54, 1.807) is 4.90 Å². The summed E-state index contributed by atoms with van der Waals surface area (Å²) in [7, 11) is 0. The molecule has 0 amide bonds. The predicted molar refractivity (Wildman–Crippen MR) is 116 cm³/mol. The maximum atomic E-state index is 14.3. The van der Waals surface area contributed by atoms with Crippen molar-refractivity contribution in [2.24, 2.45) is 0 Å². The van der Waals surface area contributed by atoms with Crippen LogP contribution in [0.5, 0.6) is 0 Å². The fourth-order valence-electron chi connectivity index (χ4n) is 3.93. The minimum absolute atomic E-state index is 0.00330. The molecule has 3 nitrogen and oxygen atoms in total. The standard InChI is InChI=1S/C24H21ClF2N2O/c25-21-8-4-3-7-20(21)19-6-2-1-5-18(19)15-28-9-11-29(12-10-28)24-22(26)13-17(16-30)14-23(24)27/h1-8,13-14,16H,9-12,15H2. The summed E-state index contributed by atoms with van der Waals surface area (Å²) in [6, 6.07) is 18.1. The first-order valence-corrected chi connectivity index (χ1v) is 10.2. The third-order valence-corrected chi connectivity index (χ3v) is 5.77. The third kappa shape index (κ3) is 4.23. The van der Waals surface area contributed by atoms with Crippen LogP contribution in [0.3, 0.4) is 0 Å². The number of nitrogens with zero attached hydrogens (tertiary/aromatic N) is 2. The van der Waals surface area contributed by atoms with Gasteiger partial charge in [-0.15, -0.1) is 0 Å². The quantitative estimate of drug-likeness (QED) is 0.509. The molecule has 0 aliphatic carbocycles. The van der Waals surface area contributed by atoms with Crippen molar-refractivity contribution in [3.63, 3.8) is 0 Å². The van der Waals surface area contributed by atoms with E-state index in [0.717, 1.165) is 35.4 Å². The molecule has 1 heterocycles. The molecule has 0 N–H and O–H groups in total. The van der Waals surface area contributed by atoms with Gasteiger partial charge < -0.3 is 4.90 Å². The Morgan fingerprint density at radius 1 is 0.867 bits per heavy atom. The van der Waals surface area contributed by atoms with Crippen molar-refractivity contribution in [1.29, 1.82) is 0 Å². The van der Waals surface area contributed by atoms with Gasteiger partial charge >= 0.3 is 0 Å². The van der Waals surface area contributed by atoms with Gasteiger partial charge in [-0.05, 0) is 29.3 Å². The highest BCUT2D eigenvalue weighted by molar-refractivity contribution is 6.33. The number of rotatable bonds is 5. The molecule has 0 saturated carbocycles. The minimum Gasteiger partial charge on any atom is -0.364 e. The van der Waals surface area contributed by atoms with Crippen molar-refractivity contribution in [1.82, 2.24) is 4.90 Å². The van der Waals surface area contributed by atoms with Crippen LogP contribution in [0.2, 0.25) is 5.02 Å². The van der Waals surface area contributed by atoms with Crippen LogP contribution in [0.1, 0.15) is 15.9 Å². The fraction of sp³-hybridized carbons (Fsp3) is 0.208. The predicted octanol–water partition coefficient (Wildman–Crippen LogP) is 5.42. The molecule has 6 heteroatoms. The van der Waals surface area contributed by atoms with Crippen LogP contribution in [0.15, 0.2) is 60.7 Å². The zero-order valence-electron chi connectivity index (χ0n) is 16.3. The molecule has 1 fully saturated rings. The first kappa shape index (κ1) is 20.5. The second-order valence-corrected chi connectivity index (χ2v) is 7.76. The first-order chi connectivity index (χ1) is 14.6. The Balaban J connectivity index is 1.48. The van der Waals surface area contributed by atoms with Crippen LogP contribution in [0.25, 0.3) is 11.1 Å². The fourth-order valence-corrected chi connectivity index (χ4v) is 4.16. The summed E-state index contributed by atoms with van der Waals surface area (Å²) in [5, 5.41) is 0.708. The van der Waals surface area contributed by atoms with Crippen LogP contribution < -0.4 is 4.90 Å². The summed E-state index contributed by atoms with van der Waals surface area (Å²) in [6.45, 7) is 3.08. The van der Waals surface area contributed by atoms with Crippen LogP contribution >= 0.6 is 11.6 Å². The molecule has 0 aromatic heterocycles. The molecule has 0 unspecified atom stereocenters. The van der Waals surface area contributed by atoms with Gasteiger partial charge in [0.2, 0.25) is 0 Å². The number of carbonyl (C=O) groups excluding carboxylic acids is 1. The molecule has 30 heavy (non-hydrogen) atoms. The van der Waals surface area contributed by atoms with E-state index in [0.29, 0.717) is 37.5 Å². The molecule has 0 bridgehead atoms. The first-order valence-electron chi connectivity index (χ1n) is 9.81. The van der Waals surface area contributed by atoms with Gasteiger partial charge in [0, 0.05) is 48.9 Å². The SMILES string of the molecule is O=Cc1cc(F)c(N2CCN(Cc3ccccc3-c3ccccc3Cl)CC2)c(F)c1. The molecule has 4 rings (SSSR count). The second-order valence-electron chi connectivity index (χ2n) is 7.35. The van der Waals surface area contributed by atoms with E-state index in [1.807, 2.05) is 36.4 Å². The number of aldehydes is 1. The average molecular weight is 427 g/mol. The Bertz CT molecular complexity index is 1040. The highest BCUT2D eigenvalue weighted by Gasteiger charge is 2.23. The van der Waals surface area contributed by atoms with Crippen LogP contribution in [0, 0.1) is 11.6 Å². The number of anilines is 1. The highest BCUT2D eigenvalue weighted by Crippen LogP contribution is 2.31. The third-order valence-electron chi connectivity index (χ3n) is 5.44. The summed E-state index contributed by atoms with van der Waals surface area (Å²) >= 11 is 6.40. The number of carbonyl (C=O) groups is 1. The summed E-state index contributed by atoms with van der Waals surface area (Å²) < 4.78 is 28.7. The molecule has 0 radical (unpaired) electrons. The Morgan fingerprint density at radius 3 is 2.10 bits per heavy atom. The lowest BCUT2D eigenvalue weighted by Gasteiger charge is -2.36. The van der Waals surface area contributed by atoms with E-state index < -0.39 is 11.6 Å². The van der Waals surface area contributed by atoms with Gasteiger partial charge in [0.25, 0.3) is 0 Å². The van der Waals surface area contributed by atoms with Crippen molar-refractivity contribution in [2.75, 3.05) is 31.1 Å². The van der Waals surface area contributed by atoms with Crippen molar-refractivity contribution < 1.29 is 13.6 Å². The lowest BCUT2D eigenvalue weighted by atomic mass is 9.99. The van der Waals surface area contributed by atoms with E-state index in [1.165, 1.54) is 0 Å². The molecule has 3 aromatic carbocycles. The molecule has 1 aliphatic rings.